The molecule has 0 radical (unpaired) electrons. The quantitative estimate of drug-likeness (QED) is 0.792. The first-order chi connectivity index (χ1) is 9.43. The third kappa shape index (κ3) is 4.07. The highest BCUT2D eigenvalue weighted by molar-refractivity contribution is 5.44. The topological polar surface area (TPSA) is 38.7 Å². The predicted octanol–water partition coefficient (Wildman–Crippen LogP) is 3.74. The molecule has 0 amide bonds. The highest BCUT2D eigenvalue weighted by atomic mass is 19.3. The first kappa shape index (κ1) is 16.7. The molecule has 1 atom stereocenters. The van der Waals surface area contributed by atoms with E-state index in [0.717, 1.165) is 19.8 Å². The molecule has 3 nitrogen and oxygen atoms in total. The van der Waals surface area contributed by atoms with E-state index >= 15 is 0 Å². The highest BCUT2D eigenvalue weighted by Crippen LogP contribution is 2.35. The van der Waals surface area contributed by atoms with Gasteiger partial charge in [-0.15, -0.1) is 0 Å². The van der Waals surface area contributed by atoms with Gasteiger partial charge in [0.15, 0.2) is 11.5 Å². The van der Waals surface area contributed by atoms with Crippen molar-refractivity contribution in [3.63, 3.8) is 0 Å². The monoisotopic (exact) mass is 288 g/mol. The molecule has 20 heavy (non-hydrogen) atoms. The second-order valence-corrected chi connectivity index (χ2v) is 4.81. The van der Waals surface area contributed by atoms with Gasteiger partial charge in [0, 0.05) is 0 Å². The van der Waals surface area contributed by atoms with Crippen molar-refractivity contribution in [3.05, 3.63) is 23.8 Å². The van der Waals surface area contributed by atoms with E-state index in [1.54, 1.807) is 6.07 Å². The zero-order chi connectivity index (χ0) is 15.2. The minimum Gasteiger partial charge on any atom is -0.490 e. The van der Waals surface area contributed by atoms with E-state index in [9.17, 15) is 13.9 Å². The Labute approximate surface area is 118 Å². The molecule has 5 heteroatoms. The predicted molar refractivity (Wildman–Crippen MR) is 73.6 cm³/mol. The SMILES string of the molecule is CCCOc1ccc(C(C)(O)C(F)F)cc1OCCC. The van der Waals surface area contributed by atoms with Gasteiger partial charge in [0.05, 0.1) is 13.2 Å². The maximum Gasteiger partial charge on any atom is 0.270 e. The van der Waals surface area contributed by atoms with Crippen LogP contribution >= 0.6 is 0 Å². The van der Waals surface area contributed by atoms with Gasteiger partial charge in [0.2, 0.25) is 0 Å². The van der Waals surface area contributed by atoms with E-state index in [2.05, 4.69) is 0 Å². The van der Waals surface area contributed by atoms with Crippen molar-refractivity contribution in [2.45, 2.75) is 45.6 Å². The van der Waals surface area contributed by atoms with Crippen molar-refractivity contribution < 1.29 is 23.4 Å². The molecule has 0 aliphatic heterocycles. The van der Waals surface area contributed by atoms with Crippen LogP contribution < -0.4 is 9.47 Å². The number of hydrogen-bond donors (Lipinski definition) is 1. The Kier molecular flexibility index (Phi) is 6.20. The number of benzene rings is 1. The van der Waals surface area contributed by atoms with Crippen molar-refractivity contribution in [1.82, 2.24) is 0 Å². The lowest BCUT2D eigenvalue weighted by molar-refractivity contribution is -0.0884. The molecular formula is C15H22F2O3. The second-order valence-electron chi connectivity index (χ2n) is 4.81. The summed E-state index contributed by atoms with van der Waals surface area (Å²) in [6.07, 6.45) is -1.24. The van der Waals surface area contributed by atoms with Gasteiger partial charge in [-0.2, -0.15) is 0 Å². The normalized spacial score (nSPS) is 14.2. The van der Waals surface area contributed by atoms with Crippen molar-refractivity contribution in [2.24, 2.45) is 0 Å². The average molecular weight is 288 g/mol. The summed E-state index contributed by atoms with van der Waals surface area (Å²) in [5.41, 5.74) is -2.09. The number of alkyl halides is 2. The standard InChI is InChI=1S/C15H22F2O3/c1-4-8-19-12-7-6-11(15(3,18)14(16)17)10-13(12)20-9-5-2/h6-7,10,14,18H,4-5,8-9H2,1-3H3. The van der Waals surface area contributed by atoms with Crippen LogP contribution in [0.4, 0.5) is 8.78 Å². The molecule has 1 unspecified atom stereocenters. The van der Waals surface area contributed by atoms with Crippen LogP contribution in [-0.4, -0.2) is 24.7 Å². The molecular weight excluding hydrogens is 266 g/mol. The molecule has 1 rings (SSSR count). The summed E-state index contributed by atoms with van der Waals surface area (Å²) >= 11 is 0. The molecule has 0 aliphatic carbocycles. The Morgan fingerprint density at radius 3 is 2.15 bits per heavy atom. The van der Waals surface area contributed by atoms with Gasteiger partial charge < -0.3 is 14.6 Å². The molecule has 0 bridgehead atoms. The largest absolute Gasteiger partial charge is 0.490 e. The molecule has 1 aromatic rings. The molecule has 1 aromatic carbocycles. The molecule has 0 aliphatic rings. The fraction of sp³-hybridized carbons (Fsp3) is 0.600. The van der Waals surface area contributed by atoms with Crippen molar-refractivity contribution >= 4 is 0 Å². The fourth-order valence-corrected chi connectivity index (χ4v) is 1.60. The van der Waals surface area contributed by atoms with Gasteiger partial charge in [0.1, 0.15) is 5.60 Å². The van der Waals surface area contributed by atoms with Gasteiger partial charge >= 0.3 is 0 Å². The van der Waals surface area contributed by atoms with E-state index in [1.807, 2.05) is 13.8 Å². The fourth-order valence-electron chi connectivity index (χ4n) is 1.60. The molecule has 0 aromatic heterocycles. The molecule has 0 spiro atoms. The van der Waals surface area contributed by atoms with Crippen LogP contribution in [0.2, 0.25) is 0 Å². The Morgan fingerprint density at radius 1 is 1.10 bits per heavy atom. The maximum absolute atomic E-state index is 12.9. The van der Waals surface area contributed by atoms with Crippen LogP contribution in [0.25, 0.3) is 0 Å². The zero-order valence-electron chi connectivity index (χ0n) is 12.2. The second kappa shape index (κ2) is 7.43. The van der Waals surface area contributed by atoms with Crippen LogP contribution in [0.3, 0.4) is 0 Å². The summed E-state index contributed by atoms with van der Waals surface area (Å²) in [4.78, 5) is 0. The Balaban J connectivity index is 3.06. The van der Waals surface area contributed by atoms with Gasteiger partial charge in [-0.3, -0.25) is 0 Å². The number of rotatable bonds is 8. The summed E-state index contributed by atoms with van der Waals surface area (Å²) in [6.45, 7) is 5.99. The number of aliphatic hydroxyl groups is 1. The summed E-state index contributed by atoms with van der Waals surface area (Å²) in [6, 6.07) is 4.43. The third-order valence-corrected chi connectivity index (χ3v) is 2.88. The van der Waals surface area contributed by atoms with Crippen LogP contribution in [0.1, 0.15) is 39.2 Å². The van der Waals surface area contributed by atoms with Crippen LogP contribution in [0.5, 0.6) is 11.5 Å². The minimum atomic E-state index is -2.87. The Hall–Kier alpha value is -1.36. The molecule has 0 heterocycles. The maximum atomic E-state index is 12.9. The zero-order valence-corrected chi connectivity index (χ0v) is 12.2. The summed E-state index contributed by atoms with van der Waals surface area (Å²) < 4.78 is 36.8. The van der Waals surface area contributed by atoms with Crippen LogP contribution in [0.15, 0.2) is 18.2 Å². The van der Waals surface area contributed by atoms with Gasteiger partial charge in [0.25, 0.3) is 6.43 Å². The molecule has 0 fully saturated rings. The number of hydrogen-bond acceptors (Lipinski definition) is 3. The third-order valence-electron chi connectivity index (χ3n) is 2.88. The Bertz CT molecular complexity index is 420. The molecule has 114 valence electrons. The van der Waals surface area contributed by atoms with E-state index in [4.69, 9.17) is 9.47 Å². The first-order valence-corrected chi connectivity index (χ1v) is 6.84. The first-order valence-electron chi connectivity index (χ1n) is 6.84. The van der Waals surface area contributed by atoms with E-state index < -0.39 is 12.0 Å². The molecule has 0 saturated heterocycles. The average Bonchev–Trinajstić information content (AvgIpc) is 2.42. The Morgan fingerprint density at radius 2 is 1.65 bits per heavy atom. The van der Waals surface area contributed by atoms with E-state index in [-0.39, 0.29) is 5.56 Å². The van der Waals surface area contributed by atoms with Gasteiger partial charge in [-0.05, 0) is 37.5 Å². The summed E-state index contributed by atoms with van der Waals surface area (Å²) in [7, 11) is 0. The van der Waals surface area contributed by atoms with Crippen LogP contribution in [0, 0.1) is 0 Å². The van der Waals surface area contributed by atoms with Gasteiger partial charge in [-0.25, -0.2) is 8.78 Å². The van der Waals surface area contributed by atoms with Crippen molar-refractivity contribution in [3.8, 4) is 11.5 Å². The van der Waals surface area contributed by atoms with Crippen molar-refractivity contribution in [2.75, 3.05) is 13.2 Å². The van der Waals surface area contributed by atoms with Crippen LogP contribution in [-0.2, 0) is 5.60 Å². The number of halogens is 2. The van der Waals surface area contributed by atoms with Gasteiger partial charge in [-0.1, -0.05) is 19.9 Å². The lowest BCUT2D eigenvalue weighted by Crippen LogP contribution is -2.30. The lowest BCUT2D eigenvalue weighted by atomic mass is 9.96. The molecule has 1 N–H and O–H groups in total. The summed E-state index contributed by atoms with van der Waals surface area (Å²) in [5, 5.41) is 9.83. The highest BCUT2D eigenvalue weighted by Gasteiger charge is 2.35. The smallest absolute Gasteiger partial charge is 0.270 e. The minimum absolute atomic E-state index is 0.113. The lowest BCUT2D eigenvalue weighted by Gasteiger charge is -2.24. The summed E-state index contributed by atoms with van der Waals surface area (Å²) in [5.74, 6) is 0.896. The van der Waals surface area contributed by atoms with E-state index in [1.165, 1.54) is 12.1 Å². The van der Waals surface area contributed by atoms with Crippen molar-refractivity contribution in [1.29, 1.82) is 0 Å². The van der Waals surface area contributed by atoms with E-state index in [0.29, 0.717) is 24.7 Å². The molecule has 0 saturated carbocycles. The number of ether oxygens (including phenoxy) is 2.